The van der Waals surface area contributed by atoms with Crippen LogP contribution in [0.2, 0.25) is 5.02 Å². The minimum atomic E-state index is -3.96. The van der Waals surface area contributed by atoms with Gasteiger partial charge in [0.05, 0.1) is 32.9 Å². The van der Waals surface area contributed by atoms with Crippen LogP contribution in [0, 0.1) is 6.92 Å². The molecule has 0 radical (unpaired) electrons. The van der Waals surface area contributed by atoms with Crippen molar-refractivity contribution in [1.82, 2.24) is 4.98 Å². The van der Waals surface area contributed by atoms with Crippen molar-refractivity contribution in [3.05, 3.63) is 95.1 Å². The molecule has 31 heavy (non-hydrogen) atoms. The number of aryl methyl sites for hydroxylation is 1. The third-order valence-electron chi connectivity index (χ3n) is 4.64. The van der Waals surface area contributed by atoms with Gasteiger partial charge in [-0.05, 0) is 49.4 Å². The van der Waals surface area contributed by atoms with E-state index in [2.05, 4.69) is 15.0 Å². The molecule has 0 spiro atoms. The summed E-state index contributed by atoms with van der Waals surface area (Å²) in [5.41, 5.74) is 2.77. The molecule has 0 aliphatic rings. The largest absolute Gasteiger partial charge is 0.322 e. The number of fused-ring (bicyclic) bond motifs is 1. The molecule has 0 aliphatic carbocycles. The molecule has 0 bridgehead atoms. The topological polar surface area (TPSA) is 88.2 Å². The maximum atomic E-state index is 12.9. The number of hydrogen-bond acceptors (Lipinski definition) is 4. The van der Waals surface area contributed by atoms with Crippen LogP contribution in [0.5, 0.6) is 0 Å². The number of aromatic nitrogens is 1. The molecule has 0 fully saturated rings. The number of rotatable bonds is 5. The van der Waals surface area contributed by atoms with Crippen molar-refractivity contribution in [2.75, 3.05) is 10.0 Å². The van der Waals surface area contributed by atoms with E-state index in [-0.39, 0.29) is 15.5 Å². The predicted molar refractivity (Wildman–Crippen MR) is 123 cm³/mol. The van der Waals surface area contributed by atoms with E-state index in [1.54, 1.807) is 18.2 Å². The molecular formula is C23H18ClN3O3S. The fourth-order valence-corrected chi connectivity index (χ4v) is 4.29. The van der Waals surface area contributed by atoms with Gasteiger partial charge < -0.3 is 5.32 Å². The maximum absolute atomic E-state index is 12.9. The molecule has 1 aromatic heterocycles. The summed E-state index contributed by atoms with van der Waals surface area (Å²) in [5, 5.41) is 3.68. The fourth-order valence-electron chi connectivity index (χ4n) is 3.02. The van der Waals surface area contributed by atoms with Crippen LogP contribution in [0.3, 0.4) is 0 Å². The highest BCUT2D eigenvalue weighted by atomic mass is 35.5. The van der Waals surface area contributed by atoms with Crippen LogP contribution < -0.4 is 10.0 Å². The summed E-state index contributed by atoms with van der Waals surface area (Å²) in [7, 11) is -3.96. The van der Waals surface area contributed by atoms with Crippen molar-refractivity contribution < 1.29 is 13.2 Å². The van der Waals surface area contributed by atoms with Crippen LogP contribution in [-0.2, 0) is 10.0 Å². The highest BCUT2D eigenvalue weighted by Crippen LogP contribution is 2.24. The highest BCUT2D eigenvalue weighted by Gasteiger charge is 2.19. The molecule has 1 heterocycles. The zero-order chi connectivity index (χ0) is 22.0. The Bertz CT molecular complexity index is 1390. The van der Waals surface area contributed by atoms with Gasteiger partial charge in [0.25, 0.3) is 15.9 Å². The summed E-state index contributed by atoms with van der Waals surface area (Å²) in [4.78, 5) is 16.9. The van der Waals surface area contributed by atoms with Crippen LogP contribution in [-0.4, -0.2) is 19.3 Å². The van der Waals surface area contributed by atoms with Crippen molar-refractivity contribution in [3.63, 3.8) is 0 Å². The quantitative estimate of drug-likeness (QED) is 0.433. The van der Waals surface area contributed by atoms with Gasteiger partial charge in [0.15, 0.2) is 0 Å². The number of benzene rings is 3. The van der Waals surface area contributed by atoms with E-state index in [0.29, 0.717) is 11.4 Å². The summed E-state index contributed by atoms with van der Waals surface area (Å²) in [6.07, 6.45) is 1.45. The molecule has 6 nitrogen and oxygen atoms in total. The zero-order valence-electron chi connectivity index (χ0n) is 16.5. The van der Waals surface area contributed by atoms with Gasteiger partial charge in [0.1, 0.15) is 0 Å². The second-order valence-corrected chi connectivity index (χ2v) is 9.07. The lowest BCUT2D eigenvalue weighted by Gasteiger charge is -2.11. The Morgan fingerprint density at radius 3 is 2.45 bits per heavy atom. The van der Waals surface area contributed by atoms with E-state index >= 15 is 0 Å². The molecule has 0 saturated heterocycles. The zero-order valence-corrected chi connectivity index (χ0v) is 18.0. The van der Waals surface area contributed by atoms with Crippen molar-refractivity contribution in [1.29, 1.82) is 0 Å². The van der Waals surface area contributed by atoms with Crippen LogP contribution in [0.1, 0.15) is 15.9 Å². The molecule has 0 saturated carbocycles. The third kappa shape index (κ3) is 4.68. The Morgan fingerprint density at radius 2 is 1.68 bits per heavy atom. The Kier molecular flexibility index (Phi) is 5.63. The number of halogens is 1. The lowest BCUT2D eigenvalue weighted by atomic mass is 10.2. The minimum Gasteiger partial charge on any atom is -0.322 e. The number of sulfonamides is 1. The summed E-state index contributed by atoms with van der Waals surface area (Å²) in [6.45, 7) is 1.94. The molecule has 156 valence electrons. The summed E-state index contributed by atoms with van der Waals surface area (Å²) in [6, 6.07) is 20.3. The standard InChI is InChI=1S/C23H18ClN3O3S/c1-15-6-8-17(9-7-15)26-23(28)20-13-19(10-11-21(20)24)31(29,30)27-18-12-16-4-2-3-5-22(16)25-14-18/h2-14,27H,1H3,(H,26,28). The number of anilines is 2. The Morgan fingerprint density at radius 1 is 0.935 bits per heavy atom. The predicted octanol–water partition coefficient (Wildman–Crippen LogP) is 5.25. The van der Waals surface area contributed by atoms with E-state index in [1.807, 2.05) is 43.3 Å². The second kappa shape index (κ2) is 8.37. The van der Waals surface area contributed by atoms with E-state index in [1.165, 1.54) is 24.4 Å². The van der Waals surface area contributed by atoms with Crippen LogP contribution in [0.4, 0.5) is 11.4 Å². The van der Waals surface area contributed by atoms with Gasteiger partial charge in [-0.2, -0.15) is 0 Å². The summed E-state index contributed by atoms with van der Waals surface area (Å²) >= 11 is 6.17. The first-order valence-corrected chi connectivity index (χ1v) is 11.2. The molecule has 2 N–H and O–H groups in total. The average molecular weight is 452 g/mol. The molecular weight excluding hydrogens is 434 g/mol. The molecule has 1 amide bonds. The summed E-state index contributed by atoms with van der Waals surface area (Å²) in [5.74, 6) is -0.502. The molecule has 0 atom stereocenters. The molecule has 4 rings (SSSR count). The number of hydrogen-bond donors (Lipinski definition) is 2. The molecule has 8 heteroatoms. The van der Waals surface area contributed by atoms with E-state index < -0.39 is 15.9 Å². The normalized spacial score (nSPS) is 11.3. The highest BCUT2D eigenvalue weighted by molar-refractivity contribution is 7.92. The Balaban J connectivity index is 1.60. The van der Waals surface area contributed by atoms with E-state index in [4.69, 9.17) is 11.6 Å². The van der Waals surface area contributed by atoms with Gasteiger partial charge in [0, 0.05) is 11.1 Å². The smallest absolute Gasteiger partial charge is 0.261 e. The van der Waals surface area contributed by atoms with E-state index in [9.17, 15) is 13.2 Å². The van der Waals surface area contributed by atoms with Gasteiger partial charge in [-0.3, -0.25) is 14.5 Å². The van der Waals surface area contributed by atoms with Crippen molar-refractivity contribution >= 4 is 49.8 Å². The molecule has 3 aromatic carbocycles. The average Bonchev–Trinajstić information content (AvgIpc) is 2.75. The SMILES string of the molecule is Cc1ccc(NC(=O)c2cc(S(=O)(=O)Nc3cnc4ccccc4c3)ccc2Cl)cc1. The van der Waals surface area contributed by atoms with Gasteiger partial charge in [-0.25, -0.2) is 8.42 Å². The first kappa shape index (κ1) is 20.8. The lowest BCUT2D eigenvalue weighted by molar-refractivity contribution is 0.102. The first-order valence-electron chi connectivity index (χ1n) is 9.37. The minimum absolute atomic E-state index is 0.0572. The number of carbonyl (C=O) groups excluding carboxylic acids is 1. The van der Waals surface area contributed by atoms with Gasteiger partial charge >= 0.3 is 0 Å². The van der Waals surface area contributed by atoms with Crippen LogP contribution >= 0.6 is 11.6 Å². The third-order valence-corrected chi connectivity index (χ3v) is 6.35. The van der Waals surface area contributed by atoms with Gasteiger partial charge in [0.2, 0.25) is 0 Å². The fraction of sp³-hybridized carbons (Fsp3) is 0.0435. The Labute approximate surface area is 185 Å². The number of para-hydroxylation sites is 1. The number of carbonyl (C=O) groups is 1. The van der Waals surface area contributed by atoms with E-state index in [0.717, 1.165) is 16.5 Å². The Hall–Kier alpha value is -3.42. The van der Waals surface area contributed by atoms with Crippen molar-refractivity contribution in [2.24, 2.45) is 0 Å². The van der Waals surface area contributed by atoms with Crippen molar-refractivity contribution in [3.8, 4) is 0 Å². The molecule has 0 aliphatic heterocycles. The monoisotopic (exact) mass is 451 g/mol. The molecule has 0 unspecified atom stereocenters. The first-order chi connectivity index (χ1) is 14.8. The maximum Gasteiger partial charge on any atom is 0.261 e. The van der Waals surface area contributed by atoms with Crippen LogP contribution in [0.15, 0.2) is 83.9 Å². The number of pyridine rings is 1. The van der Waals surface area contributed by atoms with Gasteiger partial charge in [-0.15, -0.1) is 0 Å². The second-order valence-electron chi connectivity index (χ2n) is 6.98. The molecule has 4 aromatic rings. The number of nitrogens with zero attached hydrogens (tertiary/aromatic N) is 1. The van der Waals surface area contributed by atoms with Crippen LogP contribution in [0.25, 0.3) is 10.9 Å². The number of nitrogens with one attached hydrogen (secondary N) is 2. The number of amides is 1. The summed E-state index contributed by atoms with van der Waals surface area (Å²) < 4.78 is 28.3. The van der Waals surface area contributed by atoms with Crippen molar-refractivity contribution in [2.45, 2.75) is 11.8 Å². The lowest BCUT2D eigenvalue weighted by Crippen LogP contribution is -2.16. The van der Waals surface area contributed by atoms with Gasteiger partial charge in [-0.1, -0.05) is 47.5 Å².